The zero-order valence-electron chi connectivity index (χ0n) is 12.8. The largest absolute Gasteiger partial charge is 0.496 e. The topological polar surface area (TPSA) is 44.5 Å². The molecule has 108 valence electrons. The highest BCUT2D eigenvalue weighted by Gasteiger charge is 2.14. The van der Waals surface area contributed by atoms with E-state index in [1.807, 2.05) is 12.1 Å². The Morgan fingerprint density at radius 1 is 1.21 bits per heavy atom. The minimum Gasteiger partial charge on any atom is -0.496 e. The molecule has 0 saturated heterocycles. The van der Waals surface area contributed by atoms with Crippen molar-refractivity contribution in [2.45, 2.75) is 46.3 Å². The van der Waals surface area contributed by atoms with Gasteiger partial charge >= 0.3 is 0 Å². The van der Waals surface area contributed by atoms with Crippen molar-refractivity contribution >= 4 is 0 Å². The van der Waals surface area contributed by atoms with Crippen LogP contribution in [-0.4, -0.2) is 19.8 Å². The number of hydrogen-bond donors (Lipinski definition) is 1. The first-order valence-electron chi connectivity index (χ1n) is 6.95. The van der Waals surface area contributed by atoms with E-state index in [1.165, 1.54) is 5.56 Å². The van der Waals surface area contributed by atoms with Gasteiger partial charge < -0.3 is 15.2 Å². The van der Waals surface area contributed by atoms with E-state index in [0.717, 1.165) is 17.7 Å². The molecule has 0 aliphatic heterocycles. The summed E-state index contributed by atoms with van der Waals surface area (Å²) in [7, 11) is 1.67. The average Bonchev–Trinajstić information content (AvgIpc) is 2.35. The van der Waals surface area contributed by atoms with Crippen LogP contribution in [0.4, 0.5) is 0 Å². The van der Waals surface area contributed by atoms with Crippen molar-refractivity contribution in [3.8, 4) is 5.75 Å². The molecule has 3 nitrogen and oxygen atoms in total. The molecule has 0 radical (unpaired) electrons. The molecule has 0 aliphatic carbocycles. The molecule has 19 heavy (non-hydrogen) atoms. The minimum atomic E-state index is -0.149. The number of rotatable bonds is 7. The standard InChI is InChI=1S/C16H27NO2/c1-11(2)8-13(4)19-10-15(17)14-9-12(3)6-7-16(14)18-5/h6-7,9,11,13,15H,8,10,17H2,1-5H3. The van der Waals surface area contributed by atoms with Crippen LogP contribution in [0, 0.1) is 12.8 Å². The Bertz CT molecular complexity index is 390. The second-order valence-electron chi connectivity index (χ2n) is 5.63. The van der Waals surface area contributed by atoms with E-state index in [9.17, 15) is 0 Å². The van der Waals surface area contributed by atoms with Crippen LogP contribution in [0.15, 0.2) is 18.2 Å². The number of nitrogens with two attached hydrogens (primary N) is 1. The second-order valence-corrected chi connectivity index (χ2v) is 5.63. The second kappa shape index (κ2) is 7.51. The van der Waals surface area contributed by atoms with Gasteiger partial charge in [-0.1, -0.05) is 31.5 Å². The summed E-state index contributed by atoms with van der Waals surface area (Å²) in [6.45, 7) is 9.07. The Labute approximate surface area is 117 Å². The maximum Gasteiger partial charge on any atom is 0.123 e. The number of benzene rings is 1. The van der Waals surface area contributed by atoms with Gasteiger partial charge in [-0.15, -0.1) is 0 Å². The van der Waals surface area contributed by atoms with E-state index < -0.39 is 0 Å². The van der Waals surface area contributed by atoms with Crippen molar-refractivity contribution in [3.63, 3.8) is 0 Å². The summed E-state index contributed by atoms with van der Waals surface area (Å²) in [6.07, 6.45) is 1.29. The van der Waals surface area contributed by atoms with E-state index >= 15 is 0 Å². The number of aryl methyl sites for hydroxylation is 1. The molecule has 0 aromatic heterocycles. The molecule has 3 heteroatoms. The van der Waals surface area contributed by atoms with E-state index in [-0.39, 0.29) is 12.1 Å². The summed E-state index contributed by atoms with van der Waals surface area (Å²) in [5.74, 6) is 1.47. The third-order valence-corrected chi connectivity index (χ3v) is 3.15. The third-order valence-electron chi connectivity index (χ3n) is 3.15. The smallest absolute Gasteiger partial charge is 0.123 e. The molecular weight excluding hydrogens is 238 g/mol. The van der Waals surface area contributed by atoms with E-state index in [1.54, 1.807) is 7.11 Å². The maximum absolute atomic E-state index is 6.21. The molecule has 1 rings (SSSR count). The lowest BCUT2D eigenvalue weighted by Gasteiger charge is -2.20. The lowest BCUT2D eigenvalue weighted by molar-refractivity contribution is 0.0427. The van der Waals surface area contributed by atoms with Gasteiger partial charge in [0.2, 0.25) is 0 Å². The first-order valence-corrected chi connectivity index (χ1v) is 6.95. The minimum absolute atomic E-state index is 0.149. The van der Waals surface area contributed by atoms with Crippen molar-refractivity contribution in [2.24, 2.45) is 11.7 Å². The molecule has 2 unspecified atom stereocenters. The number of methoxy groups -OCH3 is 1. The van der Waals surface area contributed by atoms with Gasteiger partial charge in [-0.3, -0.25) is 0 Å². The third kappa shape index (κ3) is 5.21. The molecule has 0 spiro atoms. The molecule has 0 aliphatic rings. The fourth-order valence-electron chi connectivity index (χ4n) is 2.23. The van der Waals surface area contributed by atoms with Crippen LogP contribution >= 0.6 is 0 Å². The van der Waals surface area contributed by atoms with Crippen LogP contribution in [0.25, 0.3) is 0 Å². The van der Waals surface area contributed by atoms with Crippen molar-refractivity contribution in [1.82, 2.24) is 0 Å². The predicted octanol–water partition coefficient (Wildman–Crippen LogP) is 3.45. The molecule has 0 saturated carbocycles. The first kappa shape index (κ1) is 16.0. The Morgan fingerprint density at radius 2 is 1.89 bits per heavy atom. The molecule has 2 atom stereocenters. The lowest BCUT2D eigenvalue weighted by atomic mass is 10.0. The fraction of sp³-hybridized carbons (Fsp3) is 0.625. The molecule has 2 N–H and O–H groups in total. The van der Waals surface area contributed by atoms with Crippen molar-refractivity contribution in [3.05, 3.63) is 29.3 Å². The Morgan fingerprint density at radius 3 is 2.47 bits per heavy atom. The highest BCUT2D eigenvalue weighted by Crippen LogP contribution is 2.25. The summed E-state index contributed by atoms with van der Waals surface area (Å²) >= 11 is 0. The van der Waals surface area contributed by atoms with E-state index in [0.29, 0.717) is 12.5 Å². The van der Waals surface area contributed by atoms with Crippen LogP contribution in [-0.2, 0) is 4.74 Å². The monoisotopic (exact) mass is 265 g/mol. The molecule has 0 bridgehead atoms. The van der Waals surface area contributed by atoms with Crippen LogP contribution in [0.5, 0.6) is 5.75 Å². The summed E-state index contributed by atoms with van der Waals surface area (Å²) in [5.41, 5.74) is 8.41. The van der Waals surface area contributed by atoms with Gasteiger partial charge in [0, 0.05) is 5.56 Å². The van der Waals surface area contributed by atoms with Gasteiger partial charge in [0.25, 0.3) is 0 Å². The van der Waals surface area contributed by atoms with Crippen LogP contribution in [0.3, 0.4) is 0 Å². The summed E-state index contributed by atoms with van der Waals surface area (Å²) in [6, 6.07) is 5.91. The van der Waals surface area contributed by atoms with E-state index in [2.05, 4.69) is 33.8 Å². The summed E-state index contributed by atoms with van der Waals surface area (Å²) in [4.78, 5) is 0. The van der Waals surface area contributed by atoms with Gasteiger partial charge in [0.15, 0.2) is 0 Å². The SMILES string of the molecule is COc1ccc(C)cc1C(N)COC(C)CC(C)C. The van der Waals surface area contributed by atoms with Gasteiger partial charge in [0.05, 0.1) is 25.9 Å². The van der Waals surface area contributed by atoms with Crippen LogP contribution < -0.4 is 10.5 Å². The Balaban J connectivity index is 2.62. The van der Waals surface area contributed by atoms with Crippen LogP contribution in [0.1, 0.15) is 44.4 Å². The fourth-order valence-corrected chi connectivity index (χ4v) is 2.23. The molecular formula is C16H27NO2. The van der Waals surface area contributed by atoms with Crippen LogP contribution in [0.2, 0.25) is 0 Å². The highest BCUT2D eigenvalue weighted by atomic mass is 16.5. The summed E-state index contributed by atoms with van der Waals surface area (Å²) < 4.78 is 11.2. The molecule has 0 fully saturated rings. The highest BCUT2D eigenvalue weighted by molar-refractivity contribution is 5.39. The summed E-state index contributed by atoms with van der Waals surface area (Å²) in [5, 5.41) is 0. The van der Waals surface area contributed by atoms with Crippen molar-refractivity contribution in [2.75, 3.05) is 13.7 Å². The first-order chi connectivity index (χ1) is 8.93. The van der Waals surface area contributed by atoms with Gasteiger partial charge in [-0.2, -0.15) is 0 Å². The van der Waals surface area contributed by atoms with E-state index in [4.69, 9.17) is 15.2 Å². The number of hydrogen-bond acceptors (Lipinski definition) is 3. The number of ether oxygens (including phenoxy) is 2. The van der Waals surface area contributed by atoms with Gasteiger partial charge in [0.1, 0.15) is 5.75 Å². The molecule has 1 aromatic rings. The zero-order valence-corrected chi connectivity index (χ0v) is 12.8. The quantitative estimate of drug-likeness (QED) is 0.821. The van der Waals surface area contributed by atoms with Gasteiger partial charge in [-0.25, -0.2) is 0 Å². The predicted molar refractivity (Wildman–Crippen MR) is 79.5 cm³/mol. The molecule has 1 aromatic carbocycles. The Kier molecular flexibility index (Phi) is 6.32. The molecule has 0 heterocycles. The average molecular weight is 265 g/mol. The van der Waals surface area contributed by atoms with Crippen molar-refractivity contribution < 1.29 is 9.47 Å². The maximum atomic E-state index is 6.21. The zero-order chi connectivity index (χ0) is 14.4. The van der Waals surface area contributed by atoms with Crippen molar-refractivity contribution in [1.29, 1.82) is 0 Å². The Hall–Kier alpha value is -1.06. The normalized spacial score (nSPS) is 14.5. The van der Waals surface area contributed by atoms with Gasteiger partial charge in [-0.05, 0) is 32.3 Å². The lowest BCUT2D eigenvalue weighted by Crippen LogP contribution is -2.22. The molecule has 0 amide bonds.